The molecule has 0 radical (unpaired) electrons. The van der Waals surface area contributed by atoms with Crippen molar-refractivity contribution in [3.8, 4) is 0 Å². The number of carbonyl (C=O) groups excluding carboxylic acids is 1. The summed E-state index contributed by atoms with van der Waals surface area (Å²) in [6, 6.07) is 0.349. The van der Waals surface area contributed by atoms with Gasteiger partial charge in [0.25, 0.3) is 0 Å². The molecule has 0 aliphatic heterocycles. The number of rotatable bonds is 9. The van der Waals surface area contributed by atoms with Gasteiger partial charge in [-0.2, -0.15) is 0 Å². The molecular weight excluding hydrogens is 248 g/mol. The average molecular weight is 282 g/mol. The maximum absolute atomic E-state index is 12.1. The molecule has 2 atom stereocenters. The molecule has 20 heavy (non-hydrogen) atoms. The summed E-state index contributed by atoms with van der Waals surface area (Å²) in [5.41, 5.74) is 5.64. The number of hydrogen-bond donors (Lipinski definition) is 2. The zero-order valence-electron chi connectivity index (χ0n) is 13.5. The number of amides is 1. The van der Waals surface area contributed by atoms with E-state index in [-0.39, 0.29) is 5.91 Å². The molecular formula is C17H34N2O. The number of hydrogen-bond acceptors (Lipinski definition) is 2. The molecule has 1 aliphatic rings. The van der Waals surface area contributed by atoms with Crippen LogP contribution in [-0.4, -0.2) is 18.5 Å². The molecule has 1 unspecified atom stereocenters. The minimum Gasteiger partial charge on any atom is -0.353 e. The molecule has 3 heteroatoms. The van der Waals surface area contributed by atoms with Crippen LogP contribution in [0.15, 0.2) is 0 Å². The highest BCUT2D eigenvalue weighted by atomic mass is 16.1. The first-order valence-electron chi connectivity index (χ1n) is 8.66. The molecule has 0 aromatic rings. The molecule has 118 valence electrons. The van der Waals surface area contributed by atoms with E-state index in [1.807, 2.05) is 0 Å². The van der Waals surface area contributed by atoms with Crippen molar-refractivity contribution in [2.75, 3.05) is 6.54 Å². The Morgan fingerprint density at radius 1 is 1.20 bits per heavy atom. The van der Waals surface area contributed by atoms with Crippen LogP contribution in [0.2, 0.25) is 0 Å². The van der Waals surface area contributed by atoms with E-state index >= 15 is 0 Å². The normalized spacial score (nSPS) is 19.6. The lowest BCUT2D eigenvalue weighted by molar-refractivity contribution is -0.122. The Morgan fingerprint density at radius 2 is 1.90 bits per heavy atom. The third-order valence-corrected chi connectivity index (χ3v) is 4.80. The van der Waals surface area contributed by atoms with Crippen LogP contribution in [-0.2, 0) is 4.79 Å². The average Bonchev–Trinajstić information content (AvgIpc) is 2.46. The summed E-state index contributed by atoms with van der Waals surface area (Å²) < 4.78 is 0. The Kier molecular flexibility index (Phi) is 8.92. The topological polar surface area (TPSA) is 55.1 Å². The third-order valence-electron chi connectivity index (χ3n) is 4.80. The lowest BCUT2D eigenvalue weighted by Gasteiger charge is -2.28. The van der Waals surface area contributed by atoms with Crippen LogP contribution < -0.4 is 11.1 Å². The molecule has 0 spiro atoms. The van der Waals surface area contributed by atoms with Crippen LogP contribution in [0.25, 0.3) is 0 Å². The van der Waals surface area contributed by atoms with Gasteiger partial charge in [0, 0.05) is 12.5 Å². The molecule has 1 fully saturated rings. The highest BCUT2D eigenvalue weighted by Crippen LogP contribution is 2.26. The zero-order valence-corrected chi connectivity index (χ0v) is 13.5. The highest BCUT2D eigenvalue weighted by Gasteiger charge is 2.21. The van der Waals surface area contributed by atoms with Crippen LogP contribution >= 0.6 is 0 Å². The van der Waals surface area contributed by atoms with Gasteiger partial charge in [0.2, 0.25) is 5.91 Å². The van der Waals surface area contributed by atoms with Crippen LogP contribution in [0.4, 0.5) is 0 Å². The largest absolute Gasteiger partial charge is 0.353 e. The van der Waals surface area contributed by atoms with E-state index < -0.39 is 0 Å². The molecule has 0 heterocycles. The van der Waals surface area contributed by atoms with E-state index in [0.717, 1.165) is 19.4 Å². The fourth-order valence-electron chi connectivity index (χ4n) is 3.49. The summed E-state index contributed by atoms with van der Waals surface area (Å²) in [5, 5.41) is 3.22. The molecule has 0 saturated heterocycles. The lowest BCUT2D eigenvalue weighted by Crippen LogP contribution is -2.38. The molecule has 1 amide bonds. The summed E-state index contributed by atoms with van der Waals surface area (Å²) in [6.45, 7) is 5.12. The first kappa shape index (κ1) is 17.5. The van der Waals surface area contributed by atoms with E-state index in [0.29, 0.717) is 24.3 Å². The minimum atomic E-state index is 0.237. The Hall–Kier alpha value is -0.570. The second-order valence-electron chi connectivity index (χ2n) is 6.53. The fourth-order valence-corrected chi connectivity index (χ4v) is 3.49. The Labute approximate surface area is 125 Å². The Balaban J connectivity index is 2.23. The van der Waals surface area contributed by atoms with Crippen LogP contribution in [0.5, 0.6) is 0 Å². The van der Waals surface area contributed by atoms with E-state index in [9.17, 15) is 4.79 Å². The maximum atomic E-state index is 12.1. The van der Waals surface area contributed by atoms with Crippen molar-refractivity contribution in [2.45, 2.75) is 84.1 Å². The van der Waals surface area contributed by atoms with Gasteiger partial charge in [-0.05, 0) is 51.0 Å². The van der Waals surface area contributed by atoms with E-state index in [1.54, 1.807) is 0 Å². The Morgan fingerprint density at radius 3 is 2.50 bits per heavy atom. The quantitative estimate of drug-likeness (QED) is 0.678. The van der Waals surface area contributed by atoms with Crippen molar-refractivity contribution in [3.63, 3.8) is 0 Å². The summed E-state index contributed by atoms with van der Waals surface area (Å²) in [6.07, 6.45) is 11.7. The van der Waals surface area contributed by atoms with Gasteiger partial charge in [-0.25, -0.2) is 0 Å². The summed E-state index contributed by atoms with van der Waals surface area (Å²) >= 11 is 0. The predicted octanol–water partition coefficient (Wildman–Crippen LogP) is 3.62. The smallest absolute Gasteiger partial charge is 0.220 e. The van der Waals surface area contributed by atoms with Gasteiger partial charge < -0.3 is 11.1 Å². The molecule has 0 bridgehead atoms. The number of carbonyl (C=O) groups is 1. The molecule has 1 aliphatic carbocycles. The first-order valence-corrected chi connectivity index (χ1v) is 8.66. The third kappa shape index (κ3) is 6.74. The van der Waals surface area contributed by atoms with Crippen molar-refractivity contribution < 1.29 is 4.79 Å². The van der Waals surface area contributed by atoms with Crippen molar-refractivity contribution in [1.82, 2.24) is 5.32 Å². The maximum Gasteiger partial charge on any atom is 0.220 e. The summed E-state index contributed by atoms with van der Waals surface area (Å²) in [5.74, 6) is 1.56. The van der Waals surface area contributed by atoms with Crippen LogP contribution in [0.3, 0.4) is 0 Å². The molecule has 3 nitrogen and oxygen atoms in total. The van der Waals surface area contributed by atoms with Gasteiger partial charge in [0.15, 0.2) is 0 Å². The first-order chi connectivity index (χ1) is 9.67. The van der Waals surface area contributed by atoms with Gasteiger partial charge in [0.1, 0.15) is 0 Å². The molecule has 1 rings (SSSR count). The zero-order chi connectivity index (χ0) is 14.8. The van der Waals surface area contributed by atoms with E-state index in [2.05, 4.69) is 19.2 Å². The monoisotopic (exact) mass is 282 g/mol. The minimum absolute atomic E-state index is 0.237. The standard InChI is InChI=1S/C17H34N2O/c1-3-7-15(12-13-18)10-11-17(20)19-14(2)16-8-5-4-6-9-16/h14-16H,3-13,18H2,1-2H3,(H,19,20)/t14-,15?/m0/s1. The van der Waals surface area contributed by atoms with Gasteiger partial charge in [-0.3, -0.25) is 4.79 Å². The molecule has 1 saturated carbocycles. The van der Waals surface area contributed by atoms with E-state index in [1.165, 1.54) is 44.9 Å². The highest BCUT2D eigenvalue weighted by molar-refractivity contribution is 5.76. The van der Waals surface area contributed by atoms with Crippen molar-refractivity contribution >= 4 is 5.91 Å². The lowest BCUT2D eigenvalue weighted by atomic mass is 9.84. The Bertz CT molecular complexity index is 256. The predicted molar refractivity (Wildman–Crippen MR) is 85.5 cm³/mol. The second kappa shape index (κ2) is 10.2. The summed E-state index contributed by atoms with van der Waals surface area (Å²) in [4.78, 5) is 12.1. The van der Waals surface area contributed by atoms with E-state index in [4.69, 9.17) is 5.73 Å². The van der Waals surface area contributed by atoms with Gasteiger partial charge in [-0.1, -0.05) is 39.0 Å². The fraction of sp³-hybridized carbons (Fsp3) is 0.941. The van der Waals surface area contributed by atoms with Gasteiger partial charge in [-0.15, -0.1) is 0 Å². The SMILES string of the molecule is CCCC(CCN)CCC(=O)N[C@@H](C)C1CCCCC1. The van der Waals surface area contributed by atoms with Crippen LogP contribution in [0.1, 0.15) is 78.1 Å². The number of nitrogens with two attached hydrogens (primary N) is 1. The molecule has 3 N–H and O–H groups in total. The summed E-state index contributed by atoms with van der Waals surface area (Å²) in [7, 11) is 0. The number of nitrogens with one attached hydrogen (secondary N) is 1. The second-order valence-corrected chi connectivity index (χ2v) is 6.53. The molecule has 0 aromatic heterocycles. The van der Waals surface area contributed by atoms with Gasteiger partial charge in [0.05, 0.1) is 0 Å². The van der Waals surface area contributed by atoms with Gasteiger partial charge >= 0.3 is 0 Å². The van der Waals surface area contributed by atoms with Crippen molar-refractivity contribution in [2.24, 2.45) is 17.6 Å². The van der Waals surface area contributed by atoms with Crippen molar-refractivity contribution in [1.29, 1.82) is 0 Å². The van der Waals surface area contributed by atoms with Crippen molar-refractivity contribution in [3.05, 3.63) is 0 Å². The molecule has 0 aromatic carbocycles. The van der Waals surface area contributed by atoms with Crippen LogP contribution in [0, 0.1) is 11.8 Å².